The summed E-state index contributed by atoms with van der Waals surface area (Å²) in [5.74, 6) is -0.221. The summed E-state index contributed by atoms with van der Waals surface area (Å²) >= 11 is 0. The average molecular weight is 331 g/mol. The number of nitrogens with zero attached hydrogens (tertiary/aromatic N) is 1. The molecule has 116 valence electrons. The Kier molecular flexibility index (Phi) is 3.56. The fourth-order valence-electron chi connectivity index (χ4n) is 2.51. The molecular formula is C14H19ClN2O3S. The van der Waals surface area contributed by atoms with Crippen molar-refractivity contribution in [2.24, 2.45) is 5.41 Å². The average Bonchev–Trinajstić information content (AvgIpc) is 2.89. The first kappa shape index (κ1) is 14.9. The van der Waals surface area contributed by atoms with Crippen LogP contribution in [0.4, 0.5) is 0 Å². The molecule has 1 aromatic rings. The number of rotatable bonds is 5. The molecular weight excluding hydrogens is 312 g/mol. The number of aromatic nitrogens is 1. The maximum atomic E-state index is 12.4. The van der Waals surface area contributed by atoms with Gasteiger partial charge in [-0.25, -0.2) is 8.42 Å². The summed E-state index contributed by atoms with van der Waals surface area (Å²) in [7, 11) is 1.59. The van der Waals surface area contributed by atoms with Crippen molar-refractivity contribution in [3.8, 4) is 0 Å². The topological polar surface area (TPSA) is 68.2 Å². The molecule has 0 bridgehead atoms. The van der Waals surface area contributed by atoms with E-state index in [9.17, 15) is 13.2 Å². The molecule has 21 heavy (non-hydrogen) atoms. The molecule has 1 N–H and O–H groups in total. The van der Waals surface area contributed by atoms with Crippen molar-refractivity contribution in [2.45, 2.75) is 50.0 Å². The van der Waals surface area contributed by atoms with Crippen molar-refractivity contribution in [1.29, 1.82) is 0 Å². The minimum atomic E-state index is -3.82. The quantitative estimate of drug-likeness (QED) is 0.844. The van der Waals surface area contributed by atoms with Crippen LogP contribution in [0.3, 0.4) is 0 Å². The molecule has 2 aliphatic carbocycles. The Morgan fingerprint density at radius 2 is 2.14 bits per heavy atom. The monoisotopic (exact) mass is 330 g/mol. The number of carbonyl (C=O) groups excluding carboxylic acids is 1. The van der Waals surface area contributed by atoms with Crippen molar-refractivity contribution in [1.82, 2.24) is 9.88 Å². The minimum Gasteiger partial charge on any atom is -0.350 e. The first-order chi connectivity index (χ1) is 9.78. The third-order valence-corrected chi connectivity index (χ3v) is 5.91. The lowest BCUT2D eigenvalue weighted by molar-refractivity contribution is 0.0931. The highest BCUT2D eigenvalue weighted by Crippen LogP contribution is 2.44. The van der Waals surface area contributed by atoms with Crippen molar-refractivity contribution in [2.75, 3.05) is 6.54 Å². The Labute approximate surface area is 129 Å². The maximum Gasteiger partial charge on any atom is 0.267 e. The SMILES string of the molecule is CC1(CNC(=O)c2cc(S(=O)(=O)Cl)cn2C2CCC2)CC1. The zero-order chi connectivity index (χ0) is 15.3. The van der Waals surface area contributed by atoms with Crippen molar-refractivity contribution >= 4 is 25.6 Å². The van der Waals surface area contributed by atoms with Crippen LogP contribution in [0.15, 0.2) is 17.2 Å². The Hall–Kier alpha value is -1.01. The number of nitrogens with one attached hydrogen (secondary N) is 1. The van der Waals surface area contributed by atoms with Crippen LogP contribution in [0.2, 0.25) is 0 Å². The molecule has 0 aromatic carbocycles. The van der Waals surface area contributed by atoms with E-state index in [0.717, 1.165) is 32.1 Å². The molecule has 5 nitrogen and oxygen atoms in total. The first-order valence-electron chi connectivity index (χ1n) is 7.23. The molecule has 1 heterocycles. The highest BCUT2D eigenvalue weighted by atomic mass is 35.7. The van der Waals surface area contributed by atoms with Gasteiger partial charge >= 0.3 is 0 Å². The van der Waals surface area contributed by atoms with Gasteiger partial charge < -0.3 is 9.88 Å². The molecule has 0 radical (unpaired) electrons. The summed E-state index contributed by atoms with van der Waals surface area (Å²) in [5.41, 5.74) is 0.605. The van der Waals surface area contributed by atoms with Gasteiger partial charge in [-0.3, -0.25) is 4.79 Å². The van der Waals surface area contributed by atoms with E-state index in [0.29, 0.717) is 12.2 Å². The van der Waals surface area contributed by atoms with E-state index in [1.54, 1.807) is 4.57 Å². The molecule has 7 heteroatoms. The Bertz CT molecular complexity index is 672. The van der Waals surface area contributed by atoms with Crippen molar-refractivity contribution in [3.05, 3.63) is 18.0 Å². The molecule has 0 spiro atoms. The predicted octanol–water partition coefficient (Wildman–Crippen LogP) is 2.67. The molecule has 1 aromatic heterocycles. The molecule has 0 aliphatic heterocycles. The van der Waals surface area contributed by atoms with E-state index in [1.165, 1.54) is 12.3 Å². The Morgan fingerprint density at radius 3 is 2.62 bits per heavy atom. The fraction of sp³-hybridized carbons (Fsp3) is 0.643. The van der Waals surface area contributed by atoms with Crippen molar-refractivity contribution < 1.29 is 13.2 Å². The number of amides is 1. The van der Waals surface area contributed by atoms with Gasteiger partial charge in [-0.05, 0) is 43.6 Å². The molecule has 0 unspecified atom stereocenters. The smallest absolute Gasteiger partial charge is 0.267 e. The highest BCUT2D eigenvalue weighted by Gasteiger charge is 2.37. The lowest BCUT2D eigenvalue weighted by atomic mass is 9.93. The summed E-state index contributed by atoms with van der Waals surface area (Å²) in [4.78, 5) is 12.4. The molecule has 0 atom stereocenters. The van der Waals surface area contributed by atoms with Crippen molar-refractivity contribution in [3.63, 3.8) is 0 Å². The van der Waals surface area contributed by atoms with Gasteiger partial charge in [0.2, 0.25) is 0 Å². The lowest BCUT2D eigenvalue weighted by Crippen LogP contribution is -2.32. The van der Waals surface area contributed by atoms with E-state index in [-0.39, 0.29) is 22.3 Å². The molecule has 2 saturated carbocycles. The second kappa shape index (κ2) is 5.02. The van der Waals surface area contributed by atoms with Gasteiger partial charge in [0.1, 0.15) is 10.6 Å². The summed E-state index contributed by atoms with van der Waals surface area (Å²) in [6, 6.07) is 1.58. The standard InChI is InChI=1S/C14H19ClN2O3S/c1-14(5-6-14)9-16-13(18)12-7-11(21(15,19)20)8-17(12)10-3-2-4-10/h7-8,10H,2-6,9H2,1H3,(H,16,18). The molecule has 1 amide bonds. The Balaban J connectivity index is 1.84. The van der Waals surface area contributed by atoms with Crippen LogP contribution in [0.5, 0.6) is 0 Å². The number of carbonyl (C=O) groups is 1. The van der Waals surface area contributed by atoms with E-state index in [4.69, 9.17) is 10.7 Å². The second-order valence-electron chi connectivity index (χ2n) is 6.48. The maximum absolute atomic E-state index is 12.4. The van der Waals surface area contributed by atoms with Crippen LogP contribution in [-0.4, -0.2) is 25.4 Å². The van der Waals surface area contributed by atoms with E-state index in [2.05, 4.69) is 12.2 Å². The van der Waals surface area contributed by atoms with Crippen LogP contribution in [-0.2, 0) is 9.05 Å². The predicted molar refractivity (Wildman–Crippen MR) is 80.0 cm³/mol. The van der Waals surface area contributed by atoms with E-state index < -0.39 is 9.05 Å². The molecule has 2 fully saturated rings. The largest absolute Gasteiger partial charge is 0.350 e. The number of hydrogen-bond acceptors (Lipinski definition) is 3. The van der Waals surface area contributed by atoms with Crippen LogP contribution >= 0.6 is 10.7 Å². The highest BCUT2D eigenvalue weighted by molar-refractivity contribution is 8.13. The number of halogens is 1. The molecule has 2 aliphatic rings. The minimum absolute atomic E-state index is 0.00106. The van der Waals surface area contributed by atoms with Gasteiger partial charge in [0.15, 0.2) is 0 Å². The zero-order valence-electron chi connectivity index (χ0n) is 11.9. The summed E-state index contributed by atoms with van der Waals surface area (Å²) in [6.07, 6.45) is 6.77. The Morgan fingerprint density at radius 1 is 1.48 bits per heavy atom. The van der Waals surface area contributed by atoms with Crippen LogP contribution < -0.4 is 5.32 Å². The van der Waals surface area contributed by atoms with Crippen LogP contribution in [0.25, 0.3) is 0 Å². The summed E-state index contributed by atoms with van der Waals surface area (Å²) in [6.45, 7) is 2.76. The van der Waals surface area contributed by atoms with Gasteiger partial charge in [0, 0.05) is 29.5 Å². The molecule has 3 rings (SSSR count). The van der Waals surface area contributed by atoms with Crippen LogP contribution in [0.1, 0.15) is 55.6 Å². The zero-order valence-corrected chi connectivity index (χ0v) is 13.5. The van der Waals surface area contributed by atoms with Gasteiger partial charge in [0.05, 0.1) is 0 Å². The van der Waals surface area contributed by atoms with Gasteiger partial charge in [-0.2, -0.15) is 0 Å². The first-order valence-corrected chi connectivity index (χ1v) is 9.54. The molecule has 0 saturated heterocycles. The van der Waals surface area contributed by atoms with E-state index >= 15 is 0 Å². The third-order valence-electron chi connectivity index (χ3n) is 4.59. The fourth-order valence-corrected chi connectivity index (χ4v) is 3.26. The van der Waals surface area contributed by atoms with Crippen LogP contribution in [0, 0.1) is 5.41 Å². The van der Waals surface area contributed by atoms with Gasteiger partial charge in [0.25, 0.3) is 15.0 Å². The second-order valence-corrected chi connectivity index (χ2v) is 9.05. The summed E-state index contributed by atoms with van der Waals surface area (Å²) < 4.78 is 24.8. The van der Waals surface area contributed by atoms with Gasteiger partial charge in [-0.1, -0.05) is 6.92 Å². The van der Waals surface area contributed by atoms with E-state index in [1.807, 2.05) is 0 Å². The normalized spacial score (nSPS) is 20.9. The van der Waals surface area contributed by atoms with Gasteiger partial charge in [-0.15, -0.1) is 0 Å². The lowest BCUT2D eigenvalue weighted by Gasteiger charge is -2.28. The third kappa shape index (κ3) is 3.11. The number of hydrogen-bond donors (Lipinski definition) is 1. The summed E-state index contributed by atoms with van der Waals surface area (Å²) in [5, 5.41) is 2.91.